The Bertz CT molecular complexity index is 668. The third-order valence-electron chi connectivity index (χ3n) is 2.42. The van der Waals surface area contributed by atoms with Crippen LogP contribution in [0.2, 0.25) is 10.0 Å². The highest BCUT2D eigenvalue weighted by molar-refractivity contribution is 6.34. The molecule has 20 heavy (non-hydrogen) atoms. The van der Waals surface area contributed by atoms with Crippen LogP contribution in [-0.2, 0) is 0 Å². The van der Waals surface area contributed by atoms with Gasteiger partial charge in [-0.25, -0.2) is 13.2 Å². The molecular formula is C13H6Cl2F3NO. The molecule has 0 bridgehead atoms. The van der Waals surface area contributed by atoms with E-state index in [9.17, 15) is 18.0 Å². The fourth-order valence-corrected chi connectivity index (χ4v) is 1.93. The van der Waals surface area contributed by atoms with E-state index in [-0.39, 0.29) is 15.6 Å². The highest BCUT2D eigenvalue weighted by Gasteiger charge is 2.17. The highest BCUT2D eigenvalue weighted by Crippen LogP contribution is 2.27. The first-order valence-electron chi connectivity index (χ1n) is 5.29. The van der Waals surface area contributed by atoms with Gasteiger partial charge in [-0.1, -0.05) is 23.2 Å². The van der Waals surface area contributed by atoms with Crippen molar-refractivity contribution in [2.75, 3.05) is 5.32 Å². The second-order valence-corrected chi connectivity index (χ2v) is 4.67. The second-order valence-electron chi connectivity index (χ2n) is 3.82. The summed E-state index contributed by atoms with van der Waals surface area (Å²) in [5.41, 5.74) is -0.810. The Morgan fingerprint density at radius 2 is 1.70 bits per heavy atom. The van der Waals surface area contributed by atoms with E-state index in [0.717, 1.165) is 18.2 Å². The van der Waals surface area contributed by atoms with Crippen LogP contribution in [0.25, 0.3) is 0 Å². The number of hydrogen-bond donors (Lipinski definition) is 1. The molecule has 2 rings (SSSR count). The van der Waals surface area contributed by atoms with Crippen molar-refractivity contribution in [3.63, 3.8) is 0 Å². The van der Waals surface area contributed by atoms with Crippen molar-refractivity contribution < 1.29 is 18.0 Å². The molecule has 0 spiro atoms. The number of halogens is 5. The van der Waals surface area contributed by atoms with Crippen molar-refractivity contribution in [2.45, 2.75) is 0 Å². The minimum Gasteiger partial charge on any atom is -0.318 e. The molecule has 1 amide bonds. The van der Waals surface area contributed by atoms with Gasteiger partial charge in [0.25, 0.3) is 5.91 Å². The lowest BCUT2D eigenvalue weighted by atomic mass is 10.2. The van der Waals surface area contributed by atoms with Gasteiger partial charge in [0.05, 0.1) is 16.3 Å². The zero-order valence-corrected chi connectivity index (χ0v) is 11.2. The van der Waals surface area contributed by atoms with E-state index in [4.69, 9.17) is 23.2 Å². The minimum absolute atomic E-state index is 0.141. The molecule has 104 valence electrons. The summed E-state index contributed by atoms with van der Waals surface area (Å²) in [5.74, 6) is -3.73. The van der Waals surface area contributed by atoms with Gasteiger partial charge in [0.2, 0.25) is 0 Å². The Kier molecular flexibility index (Phi) is 4.20. The van der Waals surface area contributed by atoms with Crippen molar-refractivity contribution in [1.82, 2.24) is 0 Å². The van der Waals surface area contributed by atoms with Crippen molar-refractivity contribution in [3.8, 4) is 0 Å². The number of amides is 1. The lowest BCUT2D eigenvalue weighted by molar-refractivity contribution is 0.102. The van der Waals surface area contributed by atoms with Gasteiger partial charge in [-0.05, 0) is 24.3 Å². The summed E-state index contributed by atoms with van der Waals surface area (Å²) < 4.78 is 39.9. The standard InChI is InChI=1S/C13H6Cl2F3NO/c14-6-1-2-10(17)8(3-6)13(20)19-12-9(15)4-7(16)5-11(12)18/h1-5H,(H,19,20). The van der Waals surface area contributed by atoms with Crippen LogP contribution in [-0.4, -0.2) is 5.91 Å². The van der Waals surface area contributed by atoms with E-state index >= 15 is 0 Å². The largest absolute Gasteiger partial charge is 0.318 e. The summed E-state index contributed by atoms with van der Waals surface area (Å²) in [6, 6.07) is 4.73. The number of rotatable bonds is 2. The third kappa shape index (κ3) is 3.05. The first kappa shape index (κ1) is 14.7. The van der Waals surface area contributed by atoms with E-state index < -0.39 is 29.0 Å². The first-order valence-corrected chi connectivity index (χ1v) is 6.05. The number of anilines is 1. The monoisotopic (exact) mass is 319 g/mol. The van der Waals surface area contributed by atoms with Crippen LogP contribution in [0.15, 0.2) is 30.3 Å². The molecule has 0 saturated carbocycles. The fourth-order valence-electron chi connectivity index (χ4n) is 1.51. The molecule has 0 saturated heterocycles. The van der Waals surface area contributed by atoms with Gasteiger partial charge in [-0.15, -0.1) is 0 Å². The number of nitrogens with one attached hydrogen (secondary N) is 1. The maximum atomic E-state index is 13.5. The summed E-state index contributed by atoms with van der Waals surface area (Å²) >= 11 is 11.3. The maximum Gasteiger partial charge on any atom is 0.258 e. The summed E-state index contributed by atoms with van der Waals surface area (Å²) in [7, 11) is 0. The van der Waals surface area contributed by atoms with Crippen LogP contribution >= 0.6 is 23.2 Å². The average Bonchev–Trinajstić information content (AvgIpc) is 2.36. The van der Waals surface area contributed by atoms with E-state index in [1.807, 2.05) is 0 Å². The smallest absolute Gasteiger partial charge is 0.258 e. The predicted molar refractivity (Wildman–Crippen MR) is 70.7 cm³/mol. The molecule has 2 aromatic rings. The topological polar surface area (TPSA) is 29.1 Å². The van der Waals surface area contributed by atoms with E-state index in [2.05, 4.69) is 5.32 Å². The van der Waals surface area contributed by atoms with Crippen LogP contribution in [0.5, 0.6) is 0 Å². The molecule has 0 atom stereocenters. The molecule has 0 aliphatic carbocycles. The van der Waals surface area contributed by atoms with Gasteiger partial charge in [0.1, 0.15) is 11.6 Å². The van der Waals surface area contributed by atoms with Crippen molar-refractivity contribution in [1.29, 1.82) is 0 Å². The summed E-state index contributed by atoms with van der Waals surface area (Å²) in [4.78, 5) is 11.8. The molecule has 0 aliphatic rings. The summed E-state index contributed by atoms with van der Waals surface area (Å²) in [6.45, 7) is 0. The zero-order valence-electron chi connectivity index (χ0n) is 9.68. The van der Waals surface area contributed by atoms with Gasteiger partial charge in [-0.2, -0.15) is 0 Å². The van der Waals surface area contributed by atoms with Crippen LogP contribution in [0.1, 0.15) is 10.4 Å². The Hall–Kier alpha value is -1.72. The van der Waals surface area contributed by atoms with Gasteiger partial charge >= 0.3 is 0 Å². The van der Waals surface area contributed by atoms with Crippen molar-refractivity contribution >= 4 is 34.8 Å². The average molecular weight is 320 g/mol. The maximum absolute atomic E-state index is 13.5. The normalized spacial score (nSPS) is 10.4. The molecule has 0 fully saturated rings. The van der Waals surface area contributed by atoms with Gasteiger partial charge in [-0.3, -0.25) is 4.79 Å². The number of benzene rings is 2. The predicted octanol–water partition coefficient (Wildman–Crippen LogP) is 4.66. The van der Waals surface area contributed by atoms with Crippen LogP contribution < -0.4 is 5.32 Å². The molecule has 0 aromatic heterocycles. The quantitative estimate of drug-likeness (QED) is 0.856. The number of carbonyl (C=O) groups is 1. The van der Waals surface area contributed by atoms with Crippen molar-refractivity contribution in [2.24, 2.45) is 0 Å². The molecule has 0 aliphatic heterocycles. The number of carbonyl (C=O) groups excluding carboxylic acids is 1. The third-order valence-corrected chi connectivity index (χ3v) is 2.95. The molecular weight excluding hydrogens is 314 g/mol. The molecule has 1 N–H and O–H groups in total. The molecule has 2 aromatic carbocycles. The summed E-state index contributed by atoms with van der Waals surface area (Å²) in [6.07, 6.45) is 0. The molecule has 0 radical (unpaired) electrons. The van der Waals surface area contributed by atoms with Gasteiger partial charge in [0, 0.05) is 11.1 Å². The van der Waals surface area contributed by atoms with E-state index in [1.165, 1.54) is 6.07 Å². The van der Waals surface area contributed by atoms with Crippen LogP contribution in [0.3, 0.4) is 0 Å². The Morgan fingerprint density at radius 1 is 1.00 bits per heavy atom. The van der Waals surface area contributed by atoms with E-state index in [1.54, 1.807) is 0 Å². The number of hydrogen-bond acceptors (Lipinski definition) is 1. The van der Waals surface area contributed by atoms with E-state index in [0.29, 0.717) is 6.07 Å². The molecule has 2 nitrogen and oxygen atoms in total. The van der Waals surface area contributed by atoms with Gasteiger partial charge < -0.3 is 5.32 Å². The van der Waals surface area contributed by atoms with Crippen molar-refractivity contribution in [3.05, 3.63) is 63.4 Å². The van der Waals surface area contributed by atoms with Gasteiger partial charge in [0.15, 0.2) is 5.82 Å². The minimum atomic E-state index is -1.06. The zero-order chi connectivity index (χ0) is 14.9. The Morgan fingerprint density at radius 3 is 2.35 bits per heavy atom. The molecule has 7 heteroatoms. The lowest BCUT2D eigenvalue weighted by Gasteiger charge is -2.09. The molecule has 0 unspecified atom stereocenters. The fraction of sp³-hybridized carbons (Fsp3) is 0. The van der Waals surface area contributed by atoms with Crippen LogP contribution in [0, 0.1) is 17.5 Å². The molecule has 0 heterocycles. The Balaban J connectivity index is 2.35. The SMILES string of the molecule is O=C(Nc1c(F)cc(F)cc1Cl)c1cc(Cl)ccc1F. The van der Waals surface area contributed by atoms with Crippen LogP contribution in [0.4, 0.5) is 18.9 Å². The lowest BCUT2D eigenvalue weighted by Crippen LogP contribution is -2.15. The second kappa shape index (κ2) is 5.73. The Labute approximate surface area is 122 Å². The highest BCUT2D eigenvalue weighted by atomic mass is 35.5. The summed E-state index contributed by atoms with van der Waals surface area (Å²) in [5, 5.41) is 1.88. The first-order chi connectivity index (χ1) is 9.38.